The highest BCUT2D eigenvalue weighted by Gasteiger charge is 2.07. The molecule has 5 heteroatoms. The third kappa shape index (κ3) is 3.43. The Morgan fingerprint density at radius 3 is 2.63 bits per heavy atom. The standard InChI is InChI=1S/C14H12ClFN2S/c1-8-4-10(16)7-11(5-8)18-13-6-9(15)2-3-12(13)14(17)19/h2-7,18H,1H3,(H2,17,19). The number of anilines is 2. The van der Waals surface area contributed by atoms with E-state index in [-0.39, 0.29) is 10.8 Å². The molecule has 2 nitrogen and oxygen atoms in total. The number of aryl methyl sites for hydroxylation is 1. The second-order valence-corrected chi connectivity index (χ2v) is 5.07. The Morgan fingerprint density at radius 1 is 1.26 bits per heavy atom. The number of nitrogens with two attached hydrogens (primary N) is 1. The van der Waals surface area contributed by atoms with Gasteiger partial charge in [0.15, 0.2) is 0 Å². The molecule has 98 valence electrons. The highest BCUT2D eigenvalue weighted by atomic mass is 35.5. The highest BCUT2D eigenvalue weighted by molar-refractivity contribution is 7.80. The summed E-state index contributed by atoms with van der Waals surface area (Å²) in [6.45, 7) is 1.82. The van der Waals surface area contributed by atoms with Crippen molar-refractivity contribution in [1.29, 1.82) is 0 Å². The average Bonchev–Trinajstić information content (AvgIpc) is 2.26. The van der Waals surface area contributed by atoms with Gasteiger partial charge in [0.05, 0.1) is 5.69 Å². The van der Waals surface area contributed by atoms with Crippen molar-refractivity contribution in [3.63, 3.8) is 0 Å². The summed E-state index contributed by atoms with van der Waals surface area (Å²) in [4.78, 5) is 0.257. The van der Waals surface area contributed by atoms with Gasteiger partial charge in [0, 0.05) is 16.3 Å². The minimum absolute atomic E-state index is 0.257. The number of benzene rings is 2. The molecule has 0 aliphatic heterocycles. The third-order valence-electron chi connectivity index (χ3n) is 2.57. The summed E-state index contributed by atoms with van der Waals surface area (Å²) in [6, 6.07) is 9.83. The molecule has 0 aliphatic carbocycles. The third-order valence-corrected chi connectivity index (χ3v) is 3.02. The molecule has 3 N–H and O–H groups in total. The summed E-state index contributed by atoms with van der Waals surface area (Å²) < 4.78 is 13.4. The summed E-state index contributed by atoms with van der Waals surface area (Å²) in [5, 5.41) is 3.64. The molecule has 0 heterocycles. The van der Waals surface area contributed by atoms with E-state index in [2.05, 4.69) is 5.32 Å². The predicted octanol–water partition coefficient (Wildman–Crippen LogP) is 4.17. The molecular weight excluding hydrogens is 283 g/mol. The van der Waals surface area contributed by atoms with Gasteiger partial charge in [0.1, 0.15) is 10.8 Å². The zero-order valence-corrected chi connectivity index (χ0v) is 11.8. The van der Waals surface area contributed by atoms with E-state index in [4.69, 9.17) is 29.6 Å². The van der Waals surface area contributed by atoms with E-state index in [0.29, 0.717) is 22.0 Å². The van der Waals surface area contributed by atoms with Crippen LogP contribution in [0, 0.1) is 12.7 Å². The number of rotatable bonds is 3. The Morgan fingerprint density at radius 2 is 2.00 bits per heavy atom. The van der Waals surface area contributed by atoms with E-state index in [1.165, 1.54) is 12.1 Å². The summed E-state index contributed by atoms with van der Waals surface area (Å²) in [5.41, 5.74) is 8.42. The highest BCUT2D eigenvalue weighted by Crippen LogP contribution is 2.25. The van der Waals surface area contributed by atoms with Gasteiger partial charge in [-0.25, -0.2) is 4.39 Å². The van der Waals surface area contributed by atoms with E-state index < -0.39 is 0 Å². The predicted molar refractivity (Wildman–Crippen MR) is 81.8 cm³/mol. The zero-order chi connectivity index (χ0) is 14.0. The van der Waals surface area contributed by atoms with Gasteiger partial charge in [-0.05, 0) is 48.9 Å². The molecular formula is C14H12ClFN2S. The van der Waals surface area contributed by atoms with Gasteiger partial charge in [-0.15, -0.1) is 0 Å². The maximum Gasteiger partial charge on any atom is 0.125 e. The van der Waals surface area contributed by atoms with Gasteiger partial charge < -0.3 is 11.1 Å². The Hall–Kier alpha value is -1.65. The van der Waals surface area contributed by atoms with Crippen LogP contribution in [0.5, 0.6) is 0 Å². The summed E-state index contributed by atoms with van der Waals surface area (Å²) >= 11 is 10.9. The first-order chi connectivity index (χ1) is 8.95. The lowest BCUT2D eigenvalue weighted by molar-refractivity contribution is 0.627. The molecule has 0 fully saturated rings. The van der Waals surface area contributed by atoms with Gasteiger partial charge in [-0.1, -0.05) is 23.8 Å². The summed E-state index contributed by atoms with van der Waals surface area (Å²) in [6.07, 6.45) is 0. The minimum atomic E-state index is -0.304. The fourth-order valence-corrected chi connectivity index (χ4v) is 2.15. The van der Waals surface area contributed by atoms with Gasteiger partial charge in [0.2, 0.25) is 0 Å². The van der Waals surface area contributed by atoms with Crippen LogP contribution in [-0.4, -0.2) is 4.99 Å². The van der Waals surface area contributed by atoms with Crippen molar-refractivity contribution in [3.05, 3.63) is 58.4 Å². The number of hydrogen-bond acceptors (Lipinski definition) is 2. The molecule has 0 unspecified atom stereocenters. The van der Waals surface area contributed by atoms with Crippen molar-refractivity contribution in [1.82, 2.24) is 0 Å². The maximum atomic E-state index is 13.4. The van der Waals surface area contributed by atoms with Crippen LogP contribution < -0.4 is 11.1 Å². The van der Waals surface area contributed by atoms with E-state index in [1.807, 2.05) is 13.0 Å². The first kappa shape index (κ1) is 13.8. The topological polar surface area (TPSA) is 38.0 Å². The van der Waals surface area contributed by atoms with Gasteiger partial charge >= 0.3 is 0 Å². The first-order valence-corrected chi connectivity index (χ1v) is 6.38. The molecule has 2 rings (SSSR count). The molecule has 0 radical (unpaired) electrons. The van der Waals surface area contributed by atoms with Crippen molar-refractivity contribution in [2.24, 2.45) is 5.73 Å². The summed E-state index contributed by atoms with van der Waals surface area (Å²) in [7, 11) is 0. The Kier molecular flexibility index (Phi) is 4.02. The molecule has 0 saturated carbocycles. The molecule has 0 aliphatic rings. The minimum Gasteiger partial charge on any atom is -0.389 e. The smallest absolute Gasteiger partial charge is 0.125 e. The number of nitrogens with one attached hydrogen (secondary N) is 1. The van der Waals surface area contributed by atoms with Crippen LogP contribution in [0.4, 0.5) is 15.8 Å². The normalized spacial score (nSPS) is 10.3. The zero-order valence-electron chi connectivity index (χ0n) is 10.2. The molecule has 2 aromatic carbocycles. The second kappa shape index (κ2) is 5.55. The Labute approximate surface area is 121 Å². The second-order valence-electron chi connectivity index (χ2n) is 4.20. The molecule has 2 aromatic rings. The van der Waals surface area contributed by atoms with E-state index in [1.54, 1.807) is 18.2 Å². The van der Waals surface area contributed by atoms with Crippen molar-refractivity contribution in [2.75, 3.05) is 5.32 Å². The molecule has 0 atom stereocenters. The van der Waals surface area contributed by atoms with Crippen LogP contribution in [0.2, 0.25) is 5.02 Å². The molecule has 0 spiro atoms. The van der Waals surface area contributed by atoms with Crippen LogP contribution >= 0.6 is 23.8 Å². The Bertz CT molecular complexity index is 623. The van der Waals surface area contributed by atoms with E-state index in [0.717, 1.165) is 5.56 Å². The SMILES string of the molecule is Cc1cc(F)cc(Nc2cc(Cl)ccc2C(N)=S)c1. The average molecular weight is 295 g/mol. The largest absolute Gasteiger partial charge is 0.389 e. The fraction of sp³-hybridized carbons (Fsp3) is 0.0714. The quantitative estimate of drug-likeness (QED) is 0.835. The van der Waals surface area contributed by atoms with Crippen molar-refractivity contribution in [3.8, 4) is 0 Å². The maximum absolute atomic E-state index is 13.4. The van der Waals surface area contributed by atoms with E-state index in [9.17, 15) is 4.39 Å². The van der Waals surface area contributed by atoms with Gasteiger partial charge in [0.25, 0.3) is 0 Å². The van der Waals surface area contributed by atoms with Gasteiger partial charge in [-0.2, -0.15) is 0 Å². The summed E-state index contributed by atoms with van der Waals surface area (Å²) in [5.74, 6) is -0.304. The van der Waals surface area contributed by atoms with Crippen LogP contribution in [-0.2, 0) is 0 Å². The fourth-order valence-electron chi connectivity index (χ4n) is 1.80. The van der Waals surface area contributed by atoms with E-state index >= 15 is 0 Å². The lowest BCUT2D eigenvalue weighted by Gasteiger charge is -2.12. The van der Waals surface area contributed by atoms with Crippen LogP contribution in [0.25, 0.3) is 0 Å². The van der Waals surface area contributed by atoms with Crippen LogP contribution in [0.1, 0.15) is 11.1 Å². The van der Waals surface area contributed by atoms with Crippen LogP contribution in [0.15, 0.2) is 36.4 Å². The van der Waals surface area contributed by atoms with Crippen molar-refractivity contribution < 1.29 is 4.39 Å². The number of halogens is 2. The van der Waals surface area contributed by atoms with Gasteiger partial charge in [-0.3, -0.25) is 0 Å². The van der Waals surface area contributed by atoms with Crippen LogP contribution in [0.3, 0.4) is 0 Å². The van der Waals surface area contributed by atoms with Crippen molar-refractivity contribution in [2.45, 2.75) is 6.92 Å². The number of thiocarbonyl (C=S) groups is 1. The first-order valence-electron chi connectivity index (χ1n) is 5.59. The van der Waals surface area contributed by atoms with Crippen molar-refractivity contribution >= 4 is 40.2 Å². The molecule has 0 amide bonds. The number of hydrogen-bond donors (Lipinski definition) is 2. The molecule has 0 bridgehead atoms. The molecule has 0 saturated heterocycles. The lowest BCUT2D eigenvalue weighted by atomic mass is 10.1. The molecule has 19 heavy (non-hydrogen) atoms. The Balaban J connectivity index is 2.42. The molecule has 0 aromatic heterocycles. The lowest BCUT2D eigenvalue weighted by Crippen LogP contribution is -2.11. The monoisotopic (exact) mass is 294 g/mol.